The first-order chi connectivity index (χ1) is 11.3. The first kappa shape index (κ1) is 16.9. The van der Waals surface area contributed by atoms with Gasteiger partial charge in [-0.25, -0.2) is 0 Å². The van der Waals surface area contributed by atoms with Crippen molar-refractivity contribution in [3.8, 4) is 22.4 Å². The predicted molar refractivity (Wildman–Crippen MR) is 94.0 cm³/mol. The molecule has 0 spiro atoms. The second-order valence-corrected chi connectivity index (χ2v) is 5.59. The van der Waals surface area contributed by atoms with E-state index in [-0.39, 0.29) is 32.7 Å². The normalized spacial score (nSPS) is 10.4. The first-order valence-electron chi connectivity index (χ1n) is 7.62. The van der Waals surface area contributed by atoms with Crippen molar-refractivity contribution in [2.45, 2.75) is 6.92 Å². The summed E-state index contributed by atoms with van der Waals surface area (Å²) in [6, 6.07) is 25.0. The maximum atomic E-state index is 4.42. The zero-order valence-electron chi connectivity index (χ0n) is 13.4. The summed E-state index contributed by atoms with van der Waals surface area (Å²) in [7, 11) is 0. The van der Waals surface area contributed by atoms with E-state index in [1.807, 2.05) is 12.1 Å². The summed E-state index contributed by atoms with van der Waals surface area (Å²) < 4.78 is 0. The summed E-state index contributed by atoms with van der Waals surface area (Å²) in [5.74, 6) is 0. The quantitative estimate of drug-likeness (QED) is 0.451. The first-order valence-corrected chi connectivity index (χ1v) is 7.62. The largest absolute Gasteiger partial charge is 0.366 e. The van der Waals surface area contributed by atoms with E-state index in [1.54, 1.807) is 0 Å². The Balaban J connectivity index is 0.00000169. The van der Waals surface area contributed by atoms with Crippen molar-refractivity contribution in [2.24, 2.45) is 0 Å². The smallest absolute Gasteiger partial charge is 0.0225 e. The average molecular weight is 384 g/mol. The molecule has 2 nitrogen and oxygen atoms in total. The van der Waals surface area contributed by atoms with Gasteiger partial charge in [-0.3, -0.25) is 0 Å². The van der Waals surface area contributed by atoms with Gasteiger partial charge >= 0.3 is 0 Å². The summed E-state index contributed by atoms with van der Waals surface area (Å²) in [6.45, 7) is 2.06. The Labute approximate surface area is 166 Å². The van der Waals surface area contributed by atoms with Crippen LogP contribution < -0.4 is 0 Å². The Morgan fingerprint density at radius 1 is 0.708 bits per heavy atom. The van der Waals surface area contributed by atoms with Crippen LogP contribution in [0.5, 0.6) is 0 Å². The monoisotopic (exact) mass is 384 g/mol. The average Bonchev–Trinajstić information content (AvgIpc) is 2.63. The Kier molecular flexibility index (Phi) is 5.18. The number of benzene rings is 3. The van der Waals surface area contributed by atoms with E-state index >= 15 is 0 Å². The molecule has 1 heterocycles. The number of para-hydroxylation sites is 1. The number of nitrogens with zero attached hydrogens (tertiary/aromatic N) is 2. The number of aryl methyl sites for hydroxylation is 1. The van der Waals surface area contributed by atoms with Gasteiger partial charge in [0.2, 0.25) is 0 Å². The standard InChI is InChI=1S/C21H15N2.Y/c1-15-7-5-12-19-20(15)22-14-23-21(19)18-11-6-10-17(13-18)16-8-3-2-4-9-16;/h2-13H,1H3;/q-1;. The van der Waals surface area contributed by atoms with Crippen molar-refractivity contribution in [2.75, 3.05) is 0 Å². The molecule has 0 atom stereocenters. The van der Waals surface area contributed by atoms with E-state index < -0.39 is 0 Å². The molecule has 3 aromatic carbocycles. The number of hydrogen-bond acceptors (Lipinski definition) is 2. The molecule has 0 saturated carbocycles. The third kappa shape index (κ3) is 3.17. The fourth-order valence-electron chi connectivity index (χ4n) is 2.88. The van der Waals surface area contributed by atoms with Crippen LogP contribution in [0.3, 0.4) is 0 Å². The molecule has 0 N–H and O–H groups in total. The van der Waals surface area contributed by atoms with Crippen LogP contribution in [0.2, 0.25) is 0 Å². The fraction of sp³-hybridized carbons (Fsp3) is 0.0476. The number of fused-ring (bicyclic) bond motifs is 1. The Morgan fingerprint density at radius 2 is 1.42 bits per heavy atom. The van der Waals surface area contributed by atoms with Crippen molar-refractivity contribution < 1.29 is 32.7 Å². The van der Waals surface area contributed by atoms with Gasteiger partial charge in [0.25, 0.3) is 0 Å². The van der Waals surface area contributed by atoms with Crippen LogP contribution in [-0.2, 0) is 32.7 Å². The molecule has 0 aliphatic carbocycles. The van der Waals surface area contributed by atoms with Gasteiger partial charge in [0.05, 0.1) is 0 Å². The third-order valence-electron chi connectivity index (χ3n) is 4.06. The molecule has 0 aliphatic rings. The van der Waals surface area contributed by atoms with Gasteiger partial charge in [-0.05, 0) is 29.3 Å². The van der Waals surface area contributed by atoms with Crippen LogP contribution in [0.1, 0.15) is 5.56 Å². The molecule has 0 bridgehead atoms. The Bertz CT molecular complexity index is 981. The molecule has 0 aliphatic heterocycles. The van der Waals surface area contributed by atoms with Gasteiger partial charge in [0.1, 0.15) is 0 Å². The van der Waals surface area contributed by atoms with Crippen molar-refractivity contribution in [3.05, 3.63) is 84.7 Å². The van der Waals surface area contributed by atoms with Crippen LogP contribution in [0, 0.1) is 13.3 Å². The molecule has 0 unspecified atom stereocenters. The molecule has 3 heteroatoms. The molecule has 0 amide bonds. The van der Waals surface area contributed by atoms with Gasteiger partial charge in [0.15, 0.2) is 0 Å². The van der Waals surface area contributed by atoms with Crippen molar-refractivity contribution in [1.29, 1.82) is 0 Å². The van der Waals surface area contributed by atoms with Gasteiger partial charge in [-0.2, -0.15) is 0 Å². The molecule has 0 fully saturated rings. The fourth-order valence-corrected chi connectivity index (χ4v) is 2.88. The van der Waals surface area contributed by atoms with E-state index in [9.17, 15) is 0 Å². The maximum Gasteiger partial charge on any atom is 0.0225 e. The van der Waals surface area contributed by atoms with Crippen LogP contribution in [0.15, 0.2) is 72.8 Å². The van der Waals surface area contributed by atoms with Crippen LogP contribution in [0.4, 0.5) is 0 Å². The molecule has 24 heavy (non-hydrogen) atoms. The summed E-state index contributed by atoms with van der Waals surface area (Å²) >= 11 is 0. The third-order valence-corrected chi connectivity index (χ3v) is 4.06. The number of rotatable bonds is 2. The summed E-state index contributed by atoms with van der Waals surface area (Å²) in [4.78, 5) is 8.73. The molecular formula is C21H15N2Y-. The van der Waals surface area contributed by atoms with Crippen LogP contribution in [-0.4, -0.2) is 9.97 Å². The van der Waals surface area contributed by atoms with Crippen LogP contribution >= 0.6 is 0 Å². The number of aromatic nitrogens is 2. The summed E-state index contributed by atoms with van der Waals surface area (Å²) in [5.41, 5.74) is 6.50. The second-order valence-electron chi connectivity index (χ2n) is 5.59. The zero-order valence-corrected chi connectivity index (χ0v) is 16.2. The molecule has 1 radical (unpaired) electrons. The van der Waals surface area contributed by atoms with Crippen LogP contribution in [0.25, 0.3) is 33.3 Å². The summed E-state index contributed by atoms with van der Waals surface area (Å²) in [6.07, 6.45) is 2.80. The SMILES string of the molecule is Cc1cccc2c(-c3cccc(-c4ccccc4)c3)n[c-]nc12.[Y]. The maximum absolute atomic E-state index is 4.42. The molecule has 4 aromatic rings. The van der Waals surface area contributed by atoms with E-state index in [0.29, 0.717) is 0 Å². The predicted octanol–water partition coefficient (Wildman–Crippen LogP) is 5.07. The topological polar surface area (TPSA) is 25.8 Å². The minimum atomic E-state index is 0. The van der Waals surface area contributed by atoms with E-state index in [2.05, 4.69) is 83.9 Å². The van der Waals surface area contributed by atoms with Crippen molar-refractivity contribution in [3.63, 3.8) is 0 Å². The summed E-state index contributed by atoms with van der Waals surface area (Å²) in [5, 5.41) is 1.06. The minimum absolute atomic E-state index is 0. The Hall–Kier alpha value is -1.90. The van der Waals surface area contributed by atoms with Crippen molar-refractivity contribution in [1.82, 2.24) is 9.97 Å². The zero-order chi connectivity index (χ0) is 15.6. The Morgan fingerprint density at radius 3 is 2.25 bits per heavy atom. The number of hydrogen-bond donors (Lipinski definition) is 0. The van der Waals surface area contributed by atoms with E-state index in [4.69, 9.17) is 0 Å². The van der Waals surface area contributed by atoms with Crippen molar-refractivity contribution >= 4 is 10.9 Å². The molecule has 1 aromatic heterocycles. The second kappa shape index (κ2) is 7.33. The van der Waals surface area contributed by atoms with E-state index in [0.717, 1.165) is 27.7 Å². The molecule has 113 valence electrons. The molecule has 4 rings (SSSR count). The van der Waals surface area contributed by atoms with Gasteiger partial charge < -0.3 is 9.97 Å². The minimum Gasteiger partial charge on any atom is -0.366 e. The van der Waals surface area contributed by atoms with Gasteiger partial charge in [0, 0.05) is 39.0 Å². The van der Waals surface area contributed by atoms with E-state index in [1.165, 1.54) is 11.1 Å². The van der Waals surface area contributed by atoms with Gasteiger partial charge in [-0.1, -0.05) is 89.3 Å². The molecular weight excluding hydrogens is 369 g/mol. The molecule has 0 saturated heterocycles. The van der Waals surface area contributed by atoms with Gasteiger partial charge in [-0.15, -0.1) is 0 Å².